The van der Waals surface area contributed by atoms with Crippen molar-refractivity contribution in [2.45, 2.75) is 18.9 Å². The van der Waals surface area contributed by atoms with Crippen LogP contribution in [0.15, 0.2) is 30.3 Å². The topological polar surface area (TPSA) is 0 Å². The third kappa shape index (κ3) is 1.61. The standard InChI is InChI=1S/C12H18N/c1-13(2)10-6-9-12(13)11-7-4-3-5-8-11/h3-5,7-8,12H,6,9-10H2,1-2H3/q+1/t12-/m1/s1. The fourth-order valence-corrected chi connectivity index (χ4v) is 2.44. The van der Waals surface area contributed by atoms with Gasteiger partial charge in [0.15, 0.2) is 0 Å². The van der Waals surface area contributed by atoms with E-state index in [0.29, 0.717) is 0 Å². The molecule has 2 rings (SSSR count). The van der Waals surface area contributed by atoms with Crippen LogP contribution in [0, 0.1) is 0 Å². The lowest BCUT2D eigenvalue weighted by molar-refractivity contribution is -0.908. The Hall–Kier alpha value is -0.820. The summed E-state index contributed by atoms with van der Waals surface area (Å²) in [5, 5.41) is 0. The molecule has 1 aliphatic rings. The van der Waals surface area contributed by atoms with E-state index in [1.807, 2.05) is 0 Å². The molecule has 1 atom stereocenters. The van der Waals surface area contributed by atoms with Gasteiger partial charge in [0.25, 0.3) is 0 Å². The number of hydrogen-bond donors (Lipinski definition) is 0. The van der Waals surface area contributed by atoms with E-state index in [2.05, 4.69) is 44.4 Å². The Labute approximate surface area is 80.6 Å². The lowest BCUT2D eigenvalue weighted by atomic mass is 10.0. The van der Waals surface area contributed by atoms with Gasteiger partial charge in [-0.3, -0.25) is 0 Å². The summed E-state index contributed by atoms with van der Waals surface area (Å²) < 4.78 is 1.16. The van der Waals surface area contributed by atoms with Crippen molar-refractivity contribution < 1.29 is 4.48 Å². The van der Waals surface area contributed by atoms with Crippen LogP contribution in [0.1, 0.15) is 24.4 Å². The predicted octanol–water partition coefficient (Wildman–Crippen LogP) is 2.60. The van der Waals surface area contributed by atoms with E-state index in [1.165, 1.54) is 24.9 Å². The van der Waals surface area contributed by atoms with Crippen LogP contribution < -0.4 is 0 Å². The molecule has 0 spiro atoms. The Morgan fingerprint density at radius 2 is 1.85 bits per heavy atom. The van der Waals surface area contributed by atoms with Gasteiger partial charge in [0.1, 0.15) is 6.04 Å². The first-order chi connectivity index (χ1) is 6.20. The Kier molecular flexibility index (Phi) is 2.12. The average Bonchev–Trinajstić information content (AvgIpc) is 2.47. The molecule has 0 radical (unpaired) electrons. The number of rotatable bonds is 1. The normalized spacial score (nSPS) is 26.2. The van der Waals surface area contributed by atoms with Crippen molar-refractivity contribution in [1.82, 2.24) is 0 Å². The molecule has 1 aliphatic heterocycles. The van der Waals surface area contributed by atoms with Crippen LogP contribution in [-0.2, 0) is 0 Å². The summed E-state index contributed by atoms with van der Waals surface area (Å²) in [5.74, 6) is 0. The van der Waals surface area contributed by atoms with Gasteiger partial charge in [0.2, 0.25) is 0 Å². The maximum Gasteiger partial charge on any atom is 0.114 e. The molecule has 0 bridgehead atoms. The Morgan fingerprint density at radius 3 is 2.38 bits per heavy atom. The molecule has 1 aromatic rings. The van der Waals surface area contributed by atoms with E-state index in [9.17, 15) is 0 Å². The van der Waals surface area contributed by atoms with Crippen molar-refractivity contribution in [1.29, 1.82) is 0 Å². The van der Waals surface area contributed by atoms with E-state index in [1.54, 1.807) is 0 Å². The SMILES string of the molecule is C[N+]1(C)CCC[C@@H]1c1ccccc1. The highest BCUT2D eigenvalue weighted by Gasteiger charge is 2.34. The zero-order valence-electron chi connectivity index (χ0n) is 8.53. The molecule has 0 N–H and O–H groups in total. The average molecular weight is 176 g/mol. The van der Waals surface area contributed by atoms with Crippen LogP contribution >= 0.6 is 0 Å². The molecule has 0 unspecified atom stereocenters. The van der Waals surface area contributed by atoms with Gasteiger partial charge in [-0.05, 0) is 0 Å². The Bertz CT molecular complexity index is 276. The maximum absolute atomic E-state index is 2.34. The van der Waals surface area contributed by atoms with Crippen molar-refractivity contribution in [3.05, 3.63) is 35.9 Å². The lowest BCUT2D eigenvalue weighted by Gasteiger charge is -2.31. The molecule has 1 fully saturated rings. The zero-order chi connectivity index (χ0) is 9.31. The third-order valence-electron chi connectivity index (χ3n) is 3.24. The van der Waals surface area contributed by atoms with Crippen molar-refractivity contribution in [2.75, 3.05) is 20.6 Å². The van der Waals surface area contributed by atoms with Crippen molar-refractivity contribution in [3.8, 4) is 0 Å². The van der Waals surface area contributed by atoms with E-state index < -0.39 is 0 Å². The molecule has 13 heavy (non-hydrogen) atoms. The smallest absolute Gasteiger partial charge is 0.114 e. The van der Waals surface area contributed by atoms with Crippen molar-refractivity contribution in [2.24, 2.45) is 0 Å². The fourth-order valence-electron chi connectivity index (χ4n) is 2.44. The Morgan fingerprint density at radius 1 is 1.15 bits per heavy atom. The summed E-state index contributed by atoms with van der Waals surface area (Å²) in [6.45, 7) is 1.32. The van der Waals surface area contributed by atoms with E-state index >= 15 is 0 Å². The summed E-state index contributed by atoms with van der Waals surface area (Å²) in [6.07, 6.45) is 2.71. The molecule has 1 heteroatoms. The first-order valence-corrected chi connectivity index (χ1v) is 5.08. The van der Waals surface area contributed by atoms with Crippen LogP contribution in [0.4, 0.5) is 0 Å². The first kappa shape index (κ1) is 8.76. The number of likely N-dealkylation sites (tertiary alicyclic amines) is 1. The van der Waals surface area contributed by atoms with Crippen LogP contribution in [0.5, 0.6) is 0 Å². The molecule has 0 amide bonds. The van der Waals surface area contributed by atoms with Gasteiger partial charge in [-0.15, -0.1) is 0 Å². The summed E-state index contributed by atoms with van der Waals surface area (Å²) >= 11 is 0. The van der Waals surface area contributed by atoms with Gasteiger partial charge in [0, 0.05) is 18.4 Å². The second-order valence-corrected chi connectivity index (χ2v) is 4.57. The van der Waals surface area contributed by atoms with Gasteiger partial charge < -0.3 is 4.48 Å². The molecule has 1 nitrogen and oxygen atoms in total. The highest BCUT2D eigenvalue weighted by molar-refractivity contribution is 5.17. The van der Waals surface area contributed by atoms with E-state index in [-0.39, 0.29) is 0 Å². The minimum atomic E-state index is 0.723. The second kappa shape index (κ2) is 3.15. The fraction of sp³-hybridized carbons (Fsp3) is 0.500. The van der Waals surface area contributed by atoms with Gasteiger partial charge in [0.05, 0.1) is 20.6 Å². The zero-order valence-corrected chi connectivity index (χ0v) is 8.53. The highest BCUT2D eigenvalue weighted by atomic mass is 15.3. The minimum absolute atomic E-state index is 0.723. The monoisotopic (exact) mass is 176 g/mol. The lowest BCUT2D eigenvalue weighted by Crippen LogP contribution is -2.38. The third-order valence-corrected chi connectivity index (χ3v) is 3.24. The van der Waals surface area contributed by atoms with Gasteiger partial charge in [-0.2, -0.15) is 0 Å². The molecular weight excluding hydrogens is 158 g/mol. The molecule has 1 heterocycles. The summed E-state index contributed by atoms with van der Waals surface area (Å²) in [4.78, 5) is 0. The van der Waals surface area contributed by atoms with Gasteiger partial charge in [-0.25, -0.2) is 0 Å². The largest absolute Gasteiger partial charge is 0.322 e. The van der Waals surface area contributed by atoms with Crippen LogP contribution in [0.3, 0.4) is 0 Å². The summed E-state index contributed by atoms with van der Waals surface area (Å²) in [6, 6.07) is 11.6. The molecule has 0 saturated carbocycles. The first-order valence-electron chi connectivity index (χ1n) is 5.08. The van der Waals surface area contributed by atoms with Crippen molar-refractivity contribution in [3.63, 3.8) is 0 Å². The molecule has 1 aromatic carbocycles. The molecule has 0 aromatic heterocycles. The van der Waals surface area contributed by atoms with Crippen LogP contribution in [-0.4, -0.2) is 25.1 Å². The van der Waals surface area contributed by atoms with Crippen LogP contribution in [0.2, 0.25) is 0 Å². The van der Waals surface area contributed by atoms with Gasteiger partial charge in [-0.1, -0.05) is 30.3 Å². The number of nitrogens with zero attached hydrogens (tertiary/aromatic N) is 1. The minimum Gasteiger partial charge on any atom is -0.322 e. The van der Waals surface area contributed by atoms with E-state index in [0.717, 1.165) is 10.5 Å². The number of hydrogen-bond acceptors (Lipinski definition) is 0. The molecule has 0 aliphatic carbocycles. The molecule has 70 valence electrons. The predicted molar refractivity (Wildman–Crippen MR) is 55.4 cm³/mol. The van der Waals surface area contributed by atoms with Crippen LogP contribution in [0.25, 0.3) is 0 Å². The number of benzene rings is 1. The van der Waals surface area contributed by atoms with E-state index in [4.69, 9.17) is 0 Å². The second-order valence-electron chi connectivity index (χ2n) is 4.57. The quantitative estimate of drug-likeness (QED) is 0.577. The molecular formula is C12H18N+. The maximum atomic E-state index is 2.34. The van der Waals surface area contributed by atoms with Gasteiger partial charge >= 0.3 is 0 Å². The molecule has 1 saturated heterocycles. The van der Waals surface area contributed by atoms with Crippen molar-refractivity contribution >= 4 is 0 Å². The summed E-state index contributed by atoms with van der Waals surface area (Å²) in [5.41, 5.74) is 1.50. The Balaban J connectivity index is 2.27. The highest BCUT2D eigenvalue weighted by Crippen LogP contribution is 2.35. The summed E-state index contributed by atoms with van der Waals surface area (Å²) in [7, 11) is 4.68. The number of quaternary nitrogens is 1.